The van der Waals surface area contributed by atoms with E-state index in [1.165, 1.54) is 22.7 Å². The Morgan fingerprint density at radius 1 is 1.00 bits per heavy atom. The monoisotopic (exact) mass is 355 g/mol. The summed E-state index contributed by atoms with van der Waals surface area (Å²) in [5, 5.41) is 0. The first-order valence-corrected chi connectivity index (χ1v) is 11.5. The highest BCUT2D eigenvalue weighted by molar-refractivity contribution is 7.92. The Bertz CT molecular complexity index is 806. The third-order valence-electron chi connectivity index (χ3n) is 5.12. The summed E-state index contributed by atoms with van der Waals surface area (Å²) in [6.07, 6.45) is 4.21. The van der Waals surface area contributed by atoms with Gasteiger partial charge < -0.3 is 0 Å². The molecule has 1 aliphatic heterocycles. The van der Waals surface area contributed by atoms with Crippen molar-refractivity contribution < 1.29 is 16.8 Å². The summed E-state index contributed by atoms with van der Waals surface area (Å²) >= 11 is 0. The third kappa shape index (κ3) is 3.06. The molecule has 23 heavy (non-hydrogen) atoms. The van der Waals surface area contributed by atoms with E-state index in [1.807, 2.05) is 12.1 Å². The van der Waals surface area contributed by atoms with Gasteiger partial charge >= 0.3 is 0 Å². The summed E-state index contributed by atoms with van der Waals surface area (Å²) in [5.74, 6) is 0.684. The highest BCUT2D eigenvalue weighted by Gasteiger charge is 2.46. The van der Waals surface area contributed by atoms with E-state index in [-0.39, 0.29) is 34.9 Å². The Labute approximate surface area is 137 Å². The summed E-state index contributed by atoms with van der Waals surface area (Å²) in [6.45, 7) is 0.0796. The first-order chi connectivity index (χ1) is 10.9. The first kappa shape index (κ1) is 15.6. The minimum Gasteiger partial charge on any atom is -0.229 e. The van der Waals surface area contributed by atoms with Gasteiger partial charge in [0.2, 0.25) is 10.0 Å². The molecular weight excluding hydrogens is 334 g/mol. The zero-order valence-electron chi connectivity index (χ0n) is 12.9. The number of sulfone groups is 1. The molecule has 5 nitrogen and oxygen atoms in total. The van der Waals surface area contributed by atoms with Crippen molar-refractivity contribution >= 4 is 19.9 Å². The summed E-state index contributed by atoms with van der Waals surface area (Å²) < 4.78 is 51.2. The van der Waals surface area contributed by atoms with Gasteiger partial charge in [0.15, 0.2) is 9.84 Å². The molecule has 4 rings (SSSR count). The van der Waals surface area contributed by atoms with Crippen LogP contribution in [0, 0.1) is 5.92 Å². The highest BCUT2D eigenvalue weighted by atomic mass is 32.2. The van der Waals surface area contributed by atoms with Crippen LogP contribution in [0.3, 0.4) is 0 Å². The molecule has 3 aliphatic rings. The second-order valence-corrected chi connectivity index (χ2v) is 11.1. The third-order valence-corrected chi connectivity index (χ3v) is 8.71. The van der Waals surface area contributed by atoms with Gasteiger partial charge in [0.1, 0.15) is 0 Å². The van der Waals surface area contributed by atoms with Crippen molar-refractivity contribution in [3.63, 3.8) is 0 Å². The van der Waals surface area contributed by atoms with Gasteiger partial charge in [0, 0.05) is 12.6 Å². The Kier molecular flexibility index (Phi) is 3.59. The van der Waals surface area contributed by atoms with Crippen LogP contribution in [0.4, 0.5) is 0 Å². The molecule has 1 saturated heterocycles. The largest absolute Gasteiger partial charge is 0.243 e. The Balaban J connectivity index is 1.63. The van der Waals surface area contributed by atoms with Gasteiger partial charge in [-0.25, -0.2) is 16.8 Å². The second-order valence-electron chi connectivity index (χ2n) is 6.98. The predicted octanol–water partition coefficient (Wildman–Crippen LogP) is 1.76. The maximum Gasteiger partial charge on any atom is 0.243 e. The Morgan fingerprint density at radius 2 is 1.65 bits per heavy atom. The first-order valence-electron chi connectivity index (χ1n) is 8.19. The molecule has 0 bridgehead atoms. The number of benzene rings is 1. The van der Waals surface area contributed by atoms with Crippen molar-refractivity contribution in [1.29, 1.82) is 0 Å². The number of sulfonamides is 1. The van der Waals surface area contributed by atoms with Gasteiger partial charge in [-0.15, -0.1) is 0 Å². The molecule has 1 atom stereocenters. The lowest BCUT2D eigenvalue weighted by Gasteiger charge is -2.34. The van der Waals surface area contributed by atoms with E-state index in [1.54, 1.807) is 12.1 Å². The standard InChI is InChI=1S/C16H21NO4S2/c18-22(19)10-9-17(16(11-22)14-3-4-14)23(20,21)15-7-5-13(6-8-15)12-1-2-12/h5-8,12,14,16H,1-4,9-11H2. The molecule has 3 fully saturated rings. The number of nitrogens with zero attached hydrogens (tertiary/aromatic N) is 1. The molecule has 0 radical (unpaired) electrons. The lowest BCUT2D eigenvalue weighted by Crippen LogP contribution is -2.52. The van der Waals surface area contributed by atoms with E-state index in [2.05, 4.69) is 0 Å². The van der Waals surface area contributed by atoms with Crippen LogP contribution in [-0.4, -0.2) is 45.2 Å². The summed E-state index contributed by atoms with van der Waals surface area (Å²) in [6, 6.07) is 6.77. The number of rotatable bonds is 4. The summed E-state index contributed by atoms with van der Waals surface area (Å²) in [7, 11) is -6.75. The molecule has 2 saturated carbocycles. The molecule has 0 aromatic heterocycles. The molecule has 0 amide bonds. The van der Waals surface area contributed by atoms with Crippen LogP contribution in [-0.2, 0) is 19.9 Å². The molecule has 1 unspecified atom stereocenters. The number of hydrogen-bond acceptors (Lipinski definition) is 4. The second kappa shape index (κ2) is 5.29. The molecule has 1 heterocycles. The van der Waals surface area contributed by atoms with Gasteiger partial charge in [0.25, 0.3) is 0 Å². The van der Waals surface area contributed by atoms with Crippen LogP contribution in [0.5, 0.6) is 0 Å². The fourth-order valence-electron chi connectivity index (χ4n) is 3.44. The van der Waals surface area contributed by atoms with Gasteiger partial charge in [-0.1, -0.05) is 12.1 Å². The van der Waals surface area contributed by atoms with E-state index in [0.717, 1.165) is 12.8 Å². The SMILES string of the molecule is O=S1(=O)CCN(S(=O)(=O)c2ccc(C3CC3)cc2)C(C2CC2)C1. The Morgan fingerprint density at radius 3 is 2.22 bits per heavy atom. The van der Waals surface area contributed by atoms with Crippen LogP contribution in [0.25, 0.3) is 0 Å². The zero-order chi connectivity index (χ0) is 16.2. The smallest absolute Gasteiger partial charge is 0.229 e. The van der Waals surface area contributed by atoms with Crippen LogP contribution in [0.15, 0.2) is 29.2 Å². The fraction of sp³-hybridized carbons (Fsp3) is 0.625. The Hall–Kier alpha value is -0.920. The minimum atomic E-state index is -3.62. The molecule has 2 aliphatic carbocycles. The van der Waals surface area contributed by atoms with Crippen molar-refractivity contribution in [2.75, 3.05) is 18.1 Å². The van der Waals surface area contributed by atoms with Gasteiger partial charge in [-0.05, 0) is 55.2 Å². The van der Waals surface area contributed by atoms with Gasteiger partial charge in [-0.2, -0.15) is 4.31 Å². The summed E-state index contributed by atoms with van der Waals surface area (Å²) in [4.78, 5) is 0.284. The topological polar surface area (TPSA) is 71.5 Å². The molecular formula is C16H21NO4S2. The molecule has 0 spiro atoms. The zero-order valence-corrected chi connectivity index (χ0v) is 14.5. The van der Waals surface area contributed by atoms with Crippen LogP contribution < -0.4 is 0 Å². The molecule has 0 N–H and O–H groups in total. The van der Waals surface area contributed by atoms with Crippen molar-refractivity contribution in [3.8, 4) is 0 Å². The van der Waals surface area contributed by atoms with Crippen molar-refractivity contribution in [1.82, 2.24) is 4.31 Å². The van der Waals surface area contributed by atoms with Crippen molar-refractivity contribution in [3.05, 3.63) is 29.8 Å². The molecule has 1 aromatic rings. The van der Waals surface area contributed by atoms with E-state index >= 15 is 0 Å². The minimum absolute atomic E-state index is 0.0307. The van der Waals surface area contributed by atoms with Crippen LogP contribution in [0.2, 0.25) is 0 Å². The van der Waals surface area contributed by atoms with E-state index in [4.69, 9.17) is 0 Å². The maximum absolute atomic E-state index is 13.0. The predicted molar refractivity (Wildman–Crippen MR) is 87.5 cm³/mol. The van der Waals surface area contributed by atoms with Crippen molar-refractivity contribution in [2.24, 2.45) is 5.92 Å². The normalized spacial score (nSPS) is 28.6. The van der Waals surface area contributed by atoms with E-state index in [0.29, 0.717) is 5.92 Å². The average Bonchev–Trinajstić information content (AvgIpc) is 3.39. The lowest BCUT2D eigenvalue weighted by molar-refractivity contribution is 0.311. The lowest BCUT2D eigenvalue weighted by atomic mass is 10.1. The van der Waals surface area contributed by atoms with Gasteiger partial charge in [0.05, 0.1) is 16.4 Å². The molecule has 1 aromatic carbocycles. The fourth-order valence-corrected chi connectivity index (χ4v) is 6.95. The average molecular weight is 355 g/mol. The highest BCUT2D eigenvalue weighted by Crippen LogP contribution is 2.41. The van der Waals surface area contributed by atoms with E-state index < -0.39 is 19.9 Å². The molecule has 7 heteroatoms. The number of hydrogen-bond donors (Lipinski definition) is 0. The van der Waals surface area contributed by atoms with Gasteiger partial charge in [-0.3, -0.25) is 0 Å². The van der Waals surface area contributed by atoms with Crippen LogP contribution >= 0.6 is 0 Å². The van der Waals surface area contributed by atoms with E-state index in [9.17, 15) is 16.8 Å². The maximum atomic E-state index is 13.0. The van der Waals surface area contributed by atoms with Crippen molar-refractivity contribution in [2.45, 2.75) is 42.5 Å². The quantitative estimate of drug-likeness (QED) is 0.825. The van der Waals surface area contributed by atoms with Crippen LogP contribution in [0.1, 0.15) is 37.2 Å². The molecule has 126 valence electrons. The summed E-state index contributed by atoms with van der Waals surface area (Å²) in [5.41, 5.74) is 1.20.